The number of piperidine rings is 1. The molecule has 5 nitrogen and oxygen atoms in total. The maximum atomic E-state index is 12.5. The van der Waals surface area contributed by atoms with Crippen LogP contribution in [0.3, 0.4) is 0 Å². The Bertz CT molecular complexity index is 566. The topological polar surface area (TPSA) is 75.4 Å². The number of amides is 2. The maximum absolute atomic E-state index is 12.5. The smallest absolute Gasteiger partial charge is 0.223 e. The molecule has 0 aromatic heterocycles. The van der Waals surface area contributed by atoms with Gasteiger partial charge in [-0.05, 0) is 37.2 Å². The van der Waals surface area contributed by atoms with Crippen LogP contribution >= 0.6 is 0 Å². The van der Waals surface area contributed by atoms with Crippen molar-refractivity contribution in [3.05, 3.63) is 35.9 Å². The zero-order valence-corrected chi connectivity index (χ0v) is 16.1. The van der Waals surface area contributed by atoms with Crippen LogP contribution in [0, 0.1) is 11.8 Å². The highest BCUT2D eigenvalue weighted by atomic mass is 16.2. The number of nitrogens with one attached hydrogen (secondary N) is 1. The van der Waals surface area contributed by atoms with Gasteiger partial charge < -0.3 is 16.0 Å². The SMILES string of the molecule is CC(C)CC(CN)NC(=O)C1CCN(C(=O)CCc2ccccc2)CC1. The van der Waals surface area contributed by atoms with E-state index in [1.165, 1.54) is 5.56 Å². The van der Waals surface area contributed by atoms with Crippen molar-refractivity contribution in [1.82, 2.24) is 10.2 Å². The molecule has 1 atom stereocenters. The van der Waals surface area contributed by atoms with Gasteiger partial charge in [0.05, 0.1) is 0 Å². The van der Waals surface area contributed by atoms with E-state index in [0.29, 0.717) is 32.0 Å². The number of carbonyl (C=O) groups is 2. The lowest BCUT2D eigenvalue weighted by atomic mass is 9.94. The van der Waals surface area contributed by atoms with Crippen LogP contribution in [0.5, 0.6) is 0 Å². The van der Waals surface area contributed by atoms with Crippen LogP contribution in [-0.2, 0) is 16.0 Å². The molecule has 1 aromatic rings. The Balaban J connectivity index is 1.73. The number of hydrogen-bond donors (Lipinski definition) is 2. The van der Waals surface area contributed by atoms with Crippen LogP contribution < -0.4 is 11.1 Å². The van der Waals surface area contributed by atoms with Crippen LogP contribution in [0.2, 0.25) is 0 Å². The van der Waals surface area contributed by atoms with Gasteiger partial charge in [0.1, 0.15) is 0 Å². The van der Waals surface area contributed by atoms with Gasteiger partial charge in [-0.25, -0.2) is 0 Å². The van der Waals surface area contributed by atoms with Crippen LogP contribution in [0.4, 0.5) is 0 Å². The van der Waals surface area contributed by atoms with E-state index in [-0.39, 0.29) is 23.8 Å². The first-order valence-electron chi connectivity index (χ1n) is 9.81. The molecule has 144 valence electrons. The van der Waals surface area contributed by atoms with Gasteiger partial charge in [0.15, 0.2) is 0 Å². The minimum atomic E-state index is -0.00520. The minimum Gasteiger partial charge on any atom is -0.352 e. The lowest BCUT2D eigenvalue weighted by Gasteiger charge is -2.32. The van der Waals surface area contributed by atoms with Crippen molar-refractivity contribution >= 4 is 11.8 Å². The Labute approximate surface area is 157 Å². The highest BCUT2D eigenvalue weighted by Crippen LogP contribution is 2.19. The summed E-state index contributed by atoms with van der Waals surface area (Å²) in [5.41, 5.74) is 6.96. The lowest BCUT2D eigenvalue weighted by Crippen LogP contribution is -2.47. The third-order valence-electron chi connectivity index (χ3n) is 5.08. The first kappa shape index (κ1) is 20.4. The number of hydrogen-bond acceptors (Lipinski definition) is 3. The van der Waals surface area contributed by atoms with Crippen molar-refractivity contribution in [2.24, 2.45) is 17.6 Å². The number of likely N-dealkylation sites (tertiary alicyclic amines) is 1. The van der Waals surface area contributed by atoms with Crippen LogP contribution in [0.15, 0.2) is 30.3 Å². The number of nitrogens with zero attached hydrogens (tertiary/aromatic N) is 1. The first-order valence-corrected chi connectivity index (χ1v) is 9.81. The summed E-state index contributed by atoms with van der Waals surface area (Å²) in [6, 6.07) is 10.1. The summed E-state index contributed by atoms with van der Waals surface area (Å²) in [6.07, 6.45) is 3.68. The Kier molecular flexibility index (Phi) is 8.10. The maximum Gasteiger partial charge on any atom is 0.223 e. The second kappa shape index (κ2) is 10.3. The summed E-state index contributed by atoms with van der Waals surface area (Å²) in [7, 11) is 0. The normalized spacial score (nSPS) is 16.5. The molecular weight excluding hydrogens is 326 g/mol. The third-order valence-corrected chi connectivity index (χ3v) is 5.08. The van der Waals surface area contributed by atoms with Crippen LogP contribution in [-0.4, -0.2) is 42.4 Å². The number of aryl methyl sites for hydroxylation is 1. The summed E-state index contributed by atoms with van der Waals surface area (Å²) >= 11 is 0. The highest BCUT2D eigenvalue weighted by molar-refractivity contribution is 5.80. The predicted molar refractivity (Wildman–Crippen MR) is 105 cm³/mol. The van der Waals surface area contributed by atoms with E-state index in [1.807, 2.05) is 23.1 Å². The fraction of sp³-hybridized carbons (Fsp3) is 0.619. The van der Waals surface area contributed by atoms with Crippen molar-refractivity contribution in [2.75, 3.05) is 19.6 Å². The van der Waals surface area contributed by atoms with Gasteiger partial charge in [0.25, 0.3) is 0 Å². The summed E-state index contributed by atoms with van der Waals surface area (Å²) in [5.74, 6) is 0.784. The van der Waals surface area contributed by atoms with E-state index in [2.05, 4.69) is 31.3 Å². The first-order chi connectivity index (χ1) is 12.5. The summed E-state index contributed by atoms with van der Waals surface area (Å²) < 4.78 is 0. The van der Waals surface area contributed by atoms with E-state index in [0.717, 1.165) is 25.7 Å². The molecule has 0 bridgehead atoms. The Morgan fingerprint density at radius 3 is 2.42 bits per heavy atom. The third kappa shape index (κ3) is 6.45. The molecular formula is C21H33N3O2. The van der Waals surface area contributed by atoms with Gasteiger partial charge in [-0.15, -0.1) is 0 Å². The zero-order valence-electron chi connectivity index (χ0n) is 16.1. The molecule has 1 aliphatic rings. The second-order valence-electron chi connectivity index (χ2n) is 7.71. The van der Waals surface area contributed by atoms with Gasteiger partial charge in [-0.2, -0.15) is 0 Å². The number of benzene rings is 1. The Hall–Kier alpha value is -1.88. The van der Waals surface area contributed by atoms with Crippen molar-refractivity contribution in [2.45, 2.75) is 52.0 Å². The van der Waals surface area contributed by atoms with Gasteiger partial charge in [0.2, 0.25) is 11.8 Å². The molecule has 3 N–H and O–H groups in total. The molecule has 26 heavy (non-hydrogen) atoms. The number of rotatable bonds is 8. The fourth-order valence-corrected chi connectivity index (χ4v) is 3.55. The van der Waals surface area contributed by atoms with E-state index >= 15 is 0 Å². The predicted octanol–water partition coefficient (Wildman–Crippen LogP) is 2.35. The molecule has 1 fully saturated rings. The lowest BCUT2D eigenvalue weighted by molar-refractivity contribution is -0.135. The summed E-state index contributed by atoms with van der Waals surface area (Å²) in [4.78, 5) is 26.8. The van der Waals surface area contributed by atoms with Crippen LogP contribution in [0.25, 0.3) is 0 Å². The molecule has 2 amide bonds. The van der Waals surface area contributed by atoms with Crippen molar-refractivity contribution in [1.29, 1.82) is 0 Å². The van der Waals surface area contributed by atoms with Gasteiger partial charge in [0, 0.05) is 38.0 Å². The van der Waals surface area contributed by atoms with Crippen molar-refractivity contribution < 1.29 is 9.59 Å². The zero-order chi connectivity index (χ0) is 18.9. The average molecular weight is 360 g/mol. The quantitative estimate of drug-likeness (QED) is 0.748. The summed E-state index contributed by atoms with van der Waals surface area (Å²) in [6.45, 7) is 6.08. The molecule has 1 saturated heterocycles. The molecule has 0 spiro atoms. The van der Waals surface area contributed by atoms with Gasteiger partial charge in [-0.1, -0.05) is 44.2 Å². The molecule has 1 aromatic carbocycles. The fourth-order valence-electron chi connectivity index (χ4n) is 3.55. The monoisotopic (exact) mass is 359 g/mol. The number of carbonyl (C=O) groups excluding carboxylic acids is 2. The van der Waals surface area contributed by atoms with Crippen LogP contribution in [0.1, 0.15) is 45.1 Å². The Morgan fingerprint density at radius 1 is 1.19 bits per heavy atom. The summed E-state index contributed by atoms with van der Waals surface area (Å²) in [5, 5.41) is 3.09. The molecule has 1 aliphatic heterocycles. The average Bonchev–Trinajstić information content (AvgIpc) is 2.66. The van der Waals surface area contributed by atoms with Crippen molar-refractivity contribution in [3.63, 3.8) is 0 Å². The molecule has 0 radical (unpaired) electrons. The molecule has 1 heterocycles. The van der Waals surface area contributed by atoms with E-state index in [4.69, 9.17) is 5.73 Å². The number of nitrogens with two attached hydrogens (primary N) is 1. The van der Waals surface area contributed by atoms with Gasteiger partial charge >= 0.3 is 0 Å². The highest BCUT2D eigenvalue weighted by Gasteiger charge is 2.28. The molecule has 0 aliphatic carbocycles. The Morgan fingerprint density at radius 2 is 1.85 bits per heavy atom. The molecule has 1 unspecified atom stereocenters. The van der Waals surface area contributed by atoms with E-state index < -0.39 is 0 Å². The standard InChI is InChI=1S/C21H33N3O2/c1-16(2)14-19(15-22)23-21(26)18-10-12-24(13-11-18)20(25)9-8-17-6-4-3-5-7-17/h3-7,16,18-19H,8-15,22H2,1-2H3,(H,23,26). The van der Waals surface area contributed by atoms with Gasteiger partial charge in [-0.3, -0.25) is 9.59 Å². The minimum absolute atomic E-state index is 0.00520. The molecule has 0 saturated carbocycles. The second-order valence-corrected chi connectivity index (χ2v) is 7.71. The van der Waals surface area contributed by atoms with E-state index in [9.17, 15) is 9.59 Å². The molecule has 2 rings (SSSR count). The van der Waals surface area contributed by atoms with Crippen molar-refractivity contribution in [3.8, 4) is 0 Å². The molecule has 5 heteroatoms. The van der Waals surface area contributed by atoms with E-state index in [1.54, 1.807) is 0 Å². The largest absolute Gasteiger partial charge is 0.352 e.